The highest BCUT2D eigenvalue weighted by molar-refractivity contribution is 9.10. The lowest BCUT2D eigenvalue weighted by atomic mass is 9.99. The fraction of sp³-hybridized carbons (Fsp3) is 0.357. The summed E-state index contributed by atoms with van der Waals surface area (Å²) < 4.78 is 38.7. The first-order chi connectivity index (χ1) is 9.75. The summed E-state index contributed by atoms with van der Waals surface area (Å²) >= 11 is 3.18. The van der Waals surface area contributed by atoms with E-state index in [1.54, 1.807) is 6.08 Å². The average molecular weight is 366 g/mol. The monoisotopic (exact) mass is 365 g/mol. The molecule has 1 aromatic carbocycles. The van der Waals surface area contributed by atoms with Crippen molar-refractivity contribution in [2.45, 2.75) is 31.5 Å². The number of allylic oxidation sites excluding steroid dienone is 1. The van der Waals surface area contributed by atoms with Crippen LogP contribution in [0.3, 0.4) is 0 Å². The minimum Gasteiger partial charge on any atom is -0.465 e. The van der Waals surface area contributed by atoms with Crippen LogP contribution in [0.4, 0.5) is 18.0 Å². The lowest BCUT2D eigenvalue weighted by Crippen LogP contribution is -2.27. The van der Waals surface area contributed by atoms with Crippen molar-refractivity contribution in [3.05, 3.63) is 46.5 Å². The number of nitrogens with one attached hydrogen (secondary N) is 1. The van der Waals surface area contributed by atoms with Gasteiger partial charge in [0.1, 0.15) is 0 Å². The van der Waals surface area contributed by atoms with Crippen LogP contribution in [-0.4, -0.2) is 11.2 Å². The van der Waals surface area contributed by atoms with Crippen molar-refractivity contribution in [1.82, 2.24) is 5.32 Å². The Balaban J connectivity index is 3.09. The van der Waals surface area contributed by atoms with Crippen LogP contribution < -0.4 is 5.32 Å². The second-order valence-electron chi connectivity index (χ2n) is 4.46. The number of hydrogen-bond acceptors (Lipinski definition) is 1. The molecule has 1 atom stereocenters. The van der Waals surface area contributed by atoms with E-state index < -0.39 is 23.9 Å². The molecule has 0 aliphatic carbocycles. The SMILES string of the molecule is C=CCCC[C@H](NC(=O)O)c1cc(C(F)(F)F)ccc1Br. The molecule has 0 aliphatic heterocycles. The van der Waals surface area contributed by atoms with E-state index in [1.165, 1.54) is 6.07 Å². The van der Waals surface area contributed by atoms with Crippen molar-refractivity contribution in [2.75, 3.05) is 0 Å². The van der Waals surface area contributed by atoms with Crippen molar-refractivity contribution in [1.29, 1.82) is 0 Å². The number of unbranched alkanes of at least 4 members (excludes halogenated alkanes) is 1. The molecular formula is C14H15BrF3NO2. The number of hydrogen-bond donors (Lipinski definition) is 2. The molecule has 0 aromatic heterocycles. The van der Waals surface area contributed by atoms with Gasteiger partial charge in [0.15, 0.2) is 0 Å². The highest BCUT2D eigenvalue weighted by Gasteiger charge is 2.31. The fourth-order valence-corrected chi connectivity index (χ4v) is 2.43. The van der Waals surface area contributed by atoms with Crippen molar-refractivity contribution in [3.8, 4) is 0 Å². The normalized spacial score (nSPS) is 12.8. The molecule has 21 heavy (non-hydrogen) atoms. The summed E-state index contributed by atoms with van der Waals surface area (Å²) in [4.78, 5) is 10.8. The van der Waals surface area contributed by atoms with Crippen LogP contribution >= 0.6 is 15.9 Å². The fourth-order valence-electron chi connectivity index (χ4n) is 1.91. The molecule has 1 amide bonds. The van der Waals surface area contributed by atoms with Gasteiger partial charge < -0.3 is 10.4 Å². The Bertz CT molecular complexity index is 517. The molecule has 0 fully saturated rings. The minimum absolute atomic E-state index is 0.274. The Morgan fingerprint density at radius 2 is 2.14 bits per heavy atom. The van der Waals surface area contributed by atoms with Crippen LogP contribution in [0.5, 0.6) is 0 Å². The quantitative estimate of drug-likeness (QED) is 0.542. The van der Waals surface area contributed by atoms with Gasteiger partial charge in [0.05, 0.1) is 11.6 Å². The Hall–Kier alpha value is -1.50. The molecule has 0 aliphatic rings. The second-order valence-corrected chi connectivity index (χ2v) is 5.31. The van der Waals surface area contributed by atoms with Crippen LogP contribution in [0.15, 0.2) is 35.3 Å². The molecule has 0 saturated carbocycles. The second kappa shape index (κ2) is 7.49. The van der Waals surface area contributed by atoms with Crippen molar-refractivity contribution >= 4 is 22.0 Å². The minimum atomic E-state index is -4.47. The largest absolute Gasteiger partial charge is 0.465 e. The van der Waals surface area contributed by atoms with E-state index in [9.17, 15) is 18.0 Å². The van der Waals surface area contributed by atoms with Gasteiger partial charge in [0, 0.05) is 4.47 Å². The number of halogens is 4. The maximum absolute atomic E-state index is 12.8. The highest BCUT2D eigenvalue weighted by atomic mass is 79.9. The van der Waals surface area contributed by atoms with Gasteiger partial charge in [-0.15, -0.1) is 6.58 Å². The number of carboxylic acid groups (broad SMARTS) is 1. The number of carbonyl (C=O) groups is 1. The van der Waals surface area contributed by atoms with E-state index in [0.717, 1.165) is 12.1 Å². The zero-order valence-electron chi connectivity index (χ0n) is 11.1. The zero-order chi connectivity index (χ0) is 16.0. The summed E-state index contributed by atoms with van der Waals surface area (Å²) in [6.07, 6.45) is -2.39. The van der Waals surface area contributed by atoms with Gasteiger partial charge in [0.25, 0.3) is 0 Å². The summed E-state index contributed by atoms with van der Waals surface area (Å²) in [5.74, 6) is 0. The zero-order valence-corrected chi connectivity index (χ0v) is 12.7. The third-order valence-electron chi connectivity index (χ3n) is 2.90. The van der Waals surface area contributed by atoms with Crippen LogP contribution in [0.25, 0.3) is 0 Å². The summed E-state index contributed by atoms with van der Waals surface area (Å²) in [6, 6.07) is 2.50. The maximum atomic E-state index is 12.8. The Labute approximate surface area is 129 Å². The predicted molar refractivity (Wildman–Crippen MR) is 77.1 cm³/mol. The molecule has 0 unspecified atom stereocenters. The van der Waals surface area contributed by atoms with E-state index in [2.05, 4.69) is 27.8 Å². The van der Waals surface area contributed by atoms with Crippen LogP contribution in [0.1, 0.15) is 36.4 Å². The van der Waals surface area contributed by atoms with E-state index >= 15 is 0 Å². The summed E-state index contributed by atoms with van der Waals surface area (Å²) in [7, 11) is 0. The van der Waals surface area contributed by atoms with Crippen molar-refractivity contribution < 1.29 is 23.1 Å². The average Bonchev–Trinajstić information content (AvgIpc) is 2.36. The third kappa shape index (κ3) is 5.41. The summed E-state index contributed by atoms with van der Waals surface area (Å²) in [5.41, 5.74) is -0.530. The predicted octanol–water partition coefficient (Wildman–Crippen LogP) is 5.13. The van der Waals surface area contributed by atoms with Crippen molar-refractivity contribution in [3.63, 3.8) is 0 Å². The van der Waals surface area contributed by atoms with Gasteiger partial charge in [0.2, 0.25) is 0 Å². The molecule has 0 spiro atoms. The molecule has 2 N–H and O–H groups in total. The van der Waals surface area contributed by atoms with Gasteiger partial charge in [-0.25, -0.2) is 4.79 Å². The van der Waals surface area contributed by atoms with Crippen molar-refractivity contribution in [2.24, 2.45) is 0 Å². The first kappa shape index (κ1) is 17.6. The Kier molecular flexibility index (Phi) is 6.26. The van der Waals surface area contributed by atoms with E-state index in [0.29, 0.717) is 23.7 Å². The number of alkyl halides is 3. The Morgan fingerprint density at radius 3 is 2.67 bits per heavy atom. The van der Waals surface area contributed by atoms with Gasteiger partial charge in [-0.05, 0) is 43.0 Å². The molecule has 0 heterocycles. The van der Waals surface area contributed by atoms with Crippen LogP contribution in [0.2, 0.25) is 0 Å². The number of amides is 1. The number of rotatable bonds is 6. The molecule has 0 bridgehead atoms. The van der Waals surface area contributed by atoms with Crippen LogP contribution in [-0.2, 0) is 6.18 Å². The Morgan fingerprint density at radius 1 is 1.48 bits per heavy atom. The topological polar surface area (TPSA) is 49.3 Å². The lowest BCUT2D eigenvalue weighted by Gasteiger charge is -2.20. The molecule has 0 radical (unpaired) electrons. The van der Waals surface area contributed by atoms with E-state index in [4.69, 9.17) is 5.11 Å². The van der Waals surface area contributed by atoms with Crippen LogP contribution in [0, 0.1) is 0 Å². The van der Waals surface area contributed by atoms with E-state index in [-0.39, 0.29) is 5.56 Å². The number of benzene rings is 1. The lowest BCUT2D eigenvalue weighted by molar-refractivity contribution is -0.137. The highest BCUT2D eigenvalue weighted by Crippen LogP contribution is 2.35. The molecular weight excluding hydrogens is 351 g/mol. The standard InChI is InChI=1S/C14H15BrF3NO2/c1-2-3-4-5-12(19-13(20)21)10-8-9(14(16,17)18)6-7-11(10)15/h2,6-8,12,19H,1,3-5H2,(H,20,21)/t12-/m0/s1. The molecule has 0 saturated heterocycles. The molecule has 1 rings (SSSR count). The third-order valence-corrected chi connectivity index (χ3v) is 3.62. The molecule has 3 nitrogen and oxygen atoms in total. The van der Waals surface area contributed by atoms with Gasteiger partial charge in [-0.2, -0.15) is 13.2 Å². The smallest absolute Gasteiger partial charge is 0.416 e. The first-order valence-corrected chi connectivity index (χ1v) is 7.02. The van der Waals surface area contributed by atoms with Gasteiger partial charge in [-0.3, -0.25) is 0 Å². The van der Waals surface area contributed by atoms with Gasteiger partial charge >= 0.3 is 12.3 Å². The van der Waals surface area contributed by atoms with E-state index in [1.807, 2.05) is 0 Å². The summed E-state index contributed by atoms with van der Waals surface area (Å²) in [5, 5.41) is 11.1. The summed E-state index contributed by atoms with van der Waals surface area (Å²) in [6.45, 7) is 3.56. The first-order valence-electron chi connectivity index (χ1n) is 6.22. The molecule has 7 heteroatoms. The van der Waals surface area contributed by atoms with Gasteiger partial charge in [-0.1, -0.05) is 22.0 Å². The maximum Gasteiger partial charge on any atom is 0.416 e. The molecule has 116 valence electrons. The molecule has 1 aromatic rings.